The number of nitrogens with zero attached hydrogens (tertiary/aromatic N) is 2. The Balaban J connectivity index is 1.31. The van der Waals surface area contributed by atoms with E-state index in [4.69, 9.17) is 4.74 Å². The summed E-state index contributed by atoms with van der Waals surface area (Å²) in [6.07, 6.45) is 8.34. The molecule has 0 bridgehead atoms. The van der Waals surface area contributed by atoms with Crippen LogP contribution in [0, 0.1) is 10.1 Å². The number of non-ortho nitro benzene ring substituents is 1. The number of ether oxygens (including phenoxy) is 1. The number of piperidine rings is 1. The molecule has 1 atom stereocenters. The van der Waals surface area contributed by atoms with E-state index in [0.717, 1.165) is 55.6 Å². The zero-order valence-corrected chi connectivity index (χ0v) is 20.0. The molecule has 0 unspecified atom stereocenters. The van der Waals surface area contributed by atoms with Crippen molar-refractivity contribution in [1.29, 1.82) is 0 Å². The Labute approximate surface area is 201 Å². The first-order chi connectivity index (χ1) is 16.5. The summed E-state index contributed by atoms with van der Waals surface area (Å²) in [6, 6.07) is 14.6. The predicted molar refractivity (Wildman–Crippen MR) is 133 cm³/mol. The second kappa shape index (κ2) is 11.0. The molecule has 1 heterocycles. The first-order valence-electron chi connectivity index (χ1n) is 12.5. The van der Waals surface area contributed by atoms with Gasteiger partial charge in [0, 0.05) is 30.4 Å². The van der Waals surface area contributed by atoms with Gasteiger partial charge in [0.1, 0.15) is 5.75 Å². The molecule has 2 aromatic rings. The molecule has 182 valence electrons. The van der Waals surface area contributed by atoms with Gasteiger partial charge in [0.05, 0.1) is 16.9 Å². The molecule has 2 aliphatic rings. The molecular weight excluding hydrogens is 430 g/mol. The first kappa shape index (κ1) is 24.2. The highest BCUT2D eigenvalue weighted by Crippen LogP contribution is 2.42. The van der Waals surface area contributed by atoms with Crippen molar-refractivity contribution in [2.24, 2.45) is 0 Å². The van der Waals surface area contributed by atoms with Gasteiger partial charge in [0.15, 0.2) is 0 Å². The van der Waals surface area contributed by atoms with Crippen LogP contribution in [0.5, 0.6) is 5.75 Å². The minimum atomic E-state index is -0.643. The van der Waals surface area contributed by atoms with Crippen LogP contribution in [0.25, 0.3) is 0 Å². The Morgan fingerprint density at radius 2 is 1.79 bits per heavy atom. The Kier molecular flexibility index (Phi) is 7.83. The number of likely N-dealkylation sites (tertiary alicyclic amines) is 1. The molecule has 0 radical (unpaired) electrons. The van der Waals surface area contributed by atoms with Crippen LogP contribution in [0.1, 0.15) is 63.9 Å². The molecule has 1 aliphatic carbocycles. The number of nitrogens with one attached hydrogen (secondary N) is 1. The summed E-state index contributed by atoms with van der Waals surface area (Å²) in [4.78, 5) is 26.5. The number of hydrogen-bond donors (Lipinski definition) is 1. The molecular formula is C27H35N3O4. The molecule has 1 N–H and O–H groups in total. The highest BCUT2D eigenvalue weighted by Gasteiger charge is 2.42. The number of nitro groups is 1. The molecule has 7 heteroatoms. The molecule has 1 aliphatic heterocycles. The normalized spacial score (nSPS) is 20.1. The maximum Gasteiger partial charge on any atom is 0.269 e. The van der Waals surface area contributed by atoms with Crippen molar-refractivity contribution in [1.82, 2.24) is 4.90 Å². The number of benzene rings is 2. The third kappa shape index (κ3) is 5.58. The van der Waals surface area contributed by atoms with Crippen molar-refractivity contribution in [2.45, 2.75) is 69.7 Å². The van der Waals surface area contributed by atoms with Crippen molar-refractivity contribution >= 4 is 17.3 Å². The minimum absolute atomic E-state index is 0.0401. The van der Waals surface area contributed by atoms with E-state index >= 15 is 0 Å². The first-order valence-corrected chi connectivity index (χ1v) is 12.5. The van der Waals surface area contributed by atoms with E-state index in [2.05, 4.69) is 17.1 Å². The quantitative estimate of drug-likeness (QED) is 0.292. The SMILES string of the molecule is C[C@H]1CCCCN1CCCOc1ccc(NC(=O)C2(c3ccc([N+](=O)[O-])cc3)CCCC2)cc1. The fourth-order valence-corrected chi connectivity index (χ4v) is 5.36. The van der Waals surface area contributed by atoms with Crippen LogP contribution < -0.4 is 10.1 Å². The molecule has 1 saturated heterocycles. The van der Waals surface area contributed by atoms with Crippen LogP contribution >= 0.6 is 0 Å². The molecule has 34 heavy (non-hydrogen) atoms. The molecule has 1 saturated carbocycles. The van der Waals surface area contributed by atoms with E-state index < -0.39 is 10.3 Å². The van der Waals surface area contributed by atoms with E-state index in [-0.39, 0.29) is 11.6 Å². The van der Waals surface area contributed by atoms with Gasteiger partial charge in [0.2, 0.25) is 5.91 Å². The van der Waals surface area contributed by atoms with Gasteiger partial charge < -0.3 is 15.0 Å². The average Bonchev–Trinajstić information content (AvgIpc) is 3.35. The van der Waals surface area contributed by atoms with E-state index in [1.807, 2.05) is 24.3 Å². The smallest absolute Gasteiger partial charge is 0.269 e. The Bertz CT molecular complexity index is 968. The summed E-state index contributed by atoms with van der Waals surface area (Å²) < 4.78 is 5.92. The van der Waals surface area contributed by atoms with Crippen molar-refractivity contribution < 1.29 is 14.5 Å². The molecule has 2 fully saturated rings. The fourth-order valence-electron chi connectivity index (χ4n) is 5.36. The van der Waals surface area contributed by atoms with Crippen LogP contribution in [-0.4, -0.2) is 41.5 Å². The minimum Gasteiger partial charge on any atom is -0.494 e. The van der Waals surface area contributed by atoms with Crippen LogP contribution in [0.3, 0.4) is 0 Å². The van der Waals surface area contributed by atoms with Gasteiger partial charge in [0.25, 0.3) is 5.69 Å². The molecule has 7 nitrogen and oxygen atoms in total. The van der Waals surface area contributed by atoms with Crippen LogP contribution in [0.15, 0.2) is 48.5 Å². The highest BCUT2D eigenvalue weighted by molar-refractivity contribution is 5.99. The number of carbonyl (C=O) groups excluding carboxylic acids is 1. The van der Waals surface area contributed by atoms with Crippen LogP contribution in [-0.2, 0) is 10.2 Å². The number of anilines is 1. The zero-order chi connectivity index (χ0) is 24.0. The van der Waals surface area contributed by atoms with Crippen LogP contribution in [0.2, 0.25) is 0 Å². The third-order valence-electron chi connectivity index (χ3n) is 7.43. The van der Waals surface area contributed by atoms with E-state index in [9.17, 15) is 14.9 Å². The second-order valence-corrected chi connectivity index (χ2v) is 9.65. The topological polar surface area (TPSA) is 84.7 Å². The Hall–Kier alpha value is -2.93. The molecule has 0 spiro atoms. The van der Waals surface area contributed by atoms with Gasteiger partial charge in [-0.25, -0.2) is 0 Å². The largest absolute Gasteiger partial charge is 0.494 e. The van der Waals surface area contributed by atoms with E-state index in [0.29, 0.717) is 12.6 Å². The lowest BCUT2D eigenvalue weighted by Gasteiger charge is -2.33. The second-order valence-electron chi connectivity index (χ2n) is 9.65. The molecule has 0 aromatic heterocycles. The Morgan fingerprint density at radius 3 is 2.44 bits per heavy atom. The maximum atomic E-state index is 13.3. The van der Waals surface area contributed by atoms with Gasteiger partial charge >= 0.3 is 0 Å². The molecule has 4 rings (SSSR count). The summed E-state index contributed by atoms with van der Waals surface area (Å²) in [6.45, 7) is 5.25. The number of hydrogen-bond acceptors (Lipinski definition) is 5. The highest BCUT2D eigenvalue weighted by atomic mass is 16.6. The predicted octanol–water partition coefficient (Wildman–Crippen LogP) is 5.69. The molecule has 2 aromatic carbocycles. The van der Waals surface area contributed by atoms with Gasteiger partial charge in [-0.2, -0.15) is 0 Å². The summed E-state index contributed by atoms with van der Waals surface area (Å²) in [5, 5.41) is 14.1. The van der Waals surface area contributed by atoms with Crippen molar-refractivity contribution in [3.8, 4) is 5.75 Å². The number of nitro benzene ring substituents is 1. The number of carbonyl (C=O) groups is 1. The average molecular weight is 466 g/mol. The lowest BCUT2D eigenvalue weighted by atomic mass is 9.78. The van der Waals surface area contributed by atoms with Gasteiger partial charge in [-0.15, -0.1) is 0 Å². The monoisotopic (exact) mass is 465 g/mol. The summed E-state index contributed by atoms with van der Waals surface area (Å²) >= 11 is 0. The van der Waals surface area contributed by atoms with E-state index in [1.165, 1.54) is 37.9 Å². The van der Waals surface area contributed by atoms with E-state index in [1.54, 1.807) is 12.1 Å². The fraction of sp³-hybridized carbons (Fsp3) is 0.519. The van der Waals surface area contributed by atoms with Crippen molar-refractivity contribution in [2.75, 3.05) is 25.0 Å². The van der Waals surface area contributed by atoms with Crippen LogP contribution in [0.4, 0.5) is 11.4 Å². The molecule has 1 amide bonds. The van der Waals surface area contributed by atoms with Crippen molar-refractivity contribution in [3.63, 3.8) is 0 Å². The summed E-state index contributed by atoms with van der Waals surface area (Å²) in [5.41, 5.74) is 0.970. The van der Waals surface area contributed by atoms with Crippen molar-refractivity contribution in [3.05, 3.63) is 64.2 Å². The summed E-state index contributed by atoms with van der Waals surface area (Å²) in [5.74, 6) is 0.749. The third-order valence-corrected chi connectivity index (χ3v) is 7.43. The van der Waals surface area contributed by atoms with Gasteiger partial charge in [-0.1, -0.05) is 31.4 Å². The Morgan fingerprint density at radius 1 is 1.09 bits per heavy atom. The number of rotatable bonds is 9. The lowest BCUT2D eigenvalue weighted by Crippen LogP contribution is -2.38. The zero-order valence-electron chi connectivity index (χ0n) is 20.0. The standard InChI is InChI=1S/C27H35N3O4/c1-21-7-2-5-18-29(21)19-6-20-34-25-14-10-23(11-15-25)28-26(31)27(16-3-4-17-27)22-8-12-24(13-9-22)30(32)33/h8-15,21H,2-7,16-20H2,1H3,(H,28,31)/t21-/m0/s1. The lowest BCUT2D eigenvalue weighted by molar-refractivity contribution is -0.384. The maximum absolute atomic E-state index is 13.3. The summed E-state index contributed by atoms with van der Waals surface area (Å²) in [7, 11) is 0. The number of amides is 1. The van der Waals surface area contributed by atoms with Gasteiger partial charge in [-0.05, 0) is 75.4 Å². The van der Waals surface area contributed by atoms with Gasteiger partial charge in [-0.3, -0.25) is 14.9 Å².